The van der Waals surface area contributed by atoms with Crippen molar-refractivity contribution in [3.8, 4) is 11.5 Å². The summed E-state index contributed by atoms with van der Waals surface area (Å²) in [4.78, 5) is 6.97. The molecule has 0 saturated heterocycles. The lowest BCUT2D eigenvalue weighted by Gasteiger charge is -2.35. The van der Waals surface area contributed by atoms with Crippen LogP contribution in [-0.2, 0) is 0 Å². The number of hydrogen-bond donors (Lipinski definition) is 2. The average Bonchev–Trinajstić information content (AvgIpc) is 3.30. The van der Waals surface area contributed by atoms with Gasteiger partial charge in [0.15, 0.2) is 23.7 Å². The van der Waals surface area contributed by atoms with Crippen molar-refractivity contribution in [2.45, 2.75) is 12.2 Å². The zero-order chi connectivity index (χ0) is 18.2. The van der Waals surface area contributed by atoms with Crippen LogP contribution in [0.3, 0.4) is 0 Å². The quantitative estimate of drug-likeness (QED) is 0.370. The van der Waals surface area contributed by atoms with Gasteiger partial charge in [-0.3, -0.25) is 0 Å². The second-order valence-corrected chi connectivity index (χ2v) is 7.46. The van der Waals surface area contributed by atoms with Crippen LogP contribution < -0.4 is 9.47 Å². The van der Waals surface area contributed by atoms with E-state index in [-0.39, 0.29) is 12.2 Å². The van der Waals surface area contributed by atoms with Crippen LogP contribution in [-0.4, -0.2) is 16.1 Å². The summed E-state index contributed by atoms with van der Waals surface area (Å²) in [7, 11) is 0. The molecule has 2 atom stereocenters. The smallest absolute Gasteiger partial charge is 0.172 e. The Morgan fingerprint density at radius 3 is 2.39 bits per heavy atom. The Kier molecular flexibility index (Phi) is 2.56. The second-order valence-electron chi connectivity index (χ2n) is 7.46. The summed E-state index contributed by atoms with van der Waals surface area (Å²) in [5, 5.41) is 3.44. The van der Waals surface area contributed by atoms with Gasteiger partial charge in [-0.1, -0.05) is 36.4 Å². The van der Waals surface area contributed by atoms with Crippen molar-refractivity contribution in [3.63, 3.8) is 0 Å². The van der Waals surface area contributed by atoms with Crippen LogP contribution in [0, 0.1) is 0 Å². The fourth-order valence-electron chi connectivity index (χ4n) is 4.68. The van der Waals surface area contributed by atoms with E-state index in [1.807, 2.05) is 18.2 Å². The summed E-state index contributed by atoms with van der Waals surface area (Å²) in [6, 6.07) is 20.8. The van der Waals surface area contributed by atoms with Crippen LogP contribution in [0.4, 0.5) is 0 Å². The third-order valence-electron chi connectivity index (χ3n) is 5.91. The summed E-state index contributed by atoms with van der Waals surface area (Å²) in [6.07, 6.45) is 3.89. The highest BCUT2D eigenvalue weighted by Gasteiger charge is 2.38. The Morgan fingerprint density at radius 2 is 1.50 bits per heavy atom. The molecule has 0 spiro atoms. The lowest BCUT2D eigenvalue weighted by molar-refractivity contribution is 0.0486. The number of benzene rings is 3. The van der Waals surface area contributed by atoms with Crippen LogP contribution >= 0.6 is 0 Å². The monoisotopic (exact) mass is 364 g/mol. The molecule has 2 N–H and O–H groups in total. The van der Waals surface area contributed by atoms with E-state index in [0.717, 1.165) is 44.5 Å². The van der Waals surface area contributed by atoms with Crippen molar-refractivity contribution in [2.24, 2.45) is 0 Å². The molecule has 2 aliphatic rings. The number of ether oxygens (including phenoxy) is 2. The average molecular weight is 364 g/mol. The first-order valence-corrected chi connectivity index (χ1v) is 9.52. The normalized spacial score (nSPS) is 19.9. The van der Waals surface area contributed by atoms with Gasteiger partial charge in [-0.25, -0.2) is 0 Å². The van der Waals surface area contributed by atoms with Crippen LogP contribution in [0.15, 0.2) is 66.7 Å². The van der Waals surface area contributed by atoms with Gasteiger partial charge in [-0.05, 0) is 36.4 Å². The van der Waals surface area contributed by atoms with Crippen LogP contribution in [0.5, 0.6) is 11.5 Å². The highest BCUT2D eigenvalue weighted by molar-refractivity contribution is 6.11. The Bertz CT molecular complexity index is 1440. The summed E-state index contributed by atoms with van der Waals surface area (Å²) < 4.78 is 13.1. The first kappa shape index (κ1) is 14.4. The molecule has 7 rings (SSSR count). The van der Waals surface area contributed by atoms with Gasteiger partial charge in [0.25, 0.3) is 0 Å². The maximum Gasteiger partial charge on any atom is 0.172 e. The first-order valence-electron chi connectivity index (χ1n) is 9.52. The molecule has 28 heavy (non-hydrogen) atoms. The van der Waals surface area contributed by atoms with Gasteiger partial charge >= 0.3 is 0 Å². The van der Waals surface area contributed by atoms with Crippen LogP contribution in [0.2, 0.25) is 0 Å². The molecule has 0 amide bonds. The van der Waals surface area contributed by atoms with Gasteiger partial charge in [0.1, 0.15) is 0 Å². The number of nitrogens with one attached hydrogen (secondary N) is 2. The molecule has 2 aromatic heterocycles. The fourth-order valence-corrected chi connectivity index (χ4v) is 4.68. The predicted molar refractivity (Wildman–Crippen MR) is 111 cm³/mol. The Labute approximate surface area is 160 Å². The molecular formula is C24H16N2O2. The minimum Gasteiger partial charge on any atom is -0.477 e. The number of aromatic nitrogens is 2. The second kappa shape index (κ2) is 4.98. The molecule has 4 nitrogen and oxygen atoms in total. The van der Waals surface area contributed by atoms with Crippen molar-refractivity contribution in [1.29, 1.82) is 0 Å². The molecule has 0 radical (unpaired) electrons. The fraction of sp³-hybridized carbons (Fsp3) is 0.0833. The Morgan fingerprint density at radius 1 is 0.714 bits per heavy atom. The number of aromatic amines is 2. The van der Waals surface area contributed by atoms with E-state index in [4.69, 9.17) is 9.47 Å². The van der Waals surface area contributed by atoms with E-state index in [1.54, 1.807) is 0 Å². The molecule has 0 fully saturated rings. The van der Waals surface area contributed by atoms with E-state index in [1.165, 1.54) is 10.9 Å². The summed E-state index contributed by atoms with van der Waals surface area (Å²) in [6.45, 7) is 0. The Balaban J connectivity index is 1.46. The van der Waals surface area contributed by atoms with Crippen molar-refractivity contribution < 1.29 is 9.47 Å². The lowest BCUT2D eigenvalue weighted by Crippen LogP contribution is -2.33. The first-order chi connectivity index (χ1) is 13.9. The minimum absolute atomic E-state index is 0.154. The third-order valence-corrected chi connectivity index (χ3v) is 5.91. The highest BCUT2D eigenvalue weighted by Crippen LogP contribution is 2.49. The van der Waals surface area contributed by atoms with Crippen molar-refractivity contribution >= 4 is 38.8 Å². The highest BCUT2D eigenvalue weighted by atomic mass is 16.6. The molecule has 134 valence electrons. The van der Waals surface area contributed by atoms with E-state index in [0.29, 0.717) is 0 Å². The maximum atomic E-state index is 6.55. The third kappa shape index (κ3) is 1.75. The van der Waals surface area contributed by atoms with Crippen molar-refractivity contribution in [2.75, 3.05) is 0 Å². The number of fused-ring (bicyclic) bond motifs is 10. The van der Waals surface area contributed by atoms with E-state index in [9.17, 15) is 0 Å². The zero-order valence-corrected chi connectivity index (χ0v) is 14.9. The maximum absolute atomic E-state index is 6.55. The minimum atomic E-state index is -0.161. The zero-order valence-electron chi connectivity index (χ0n) is 14.9. The summed E-state index contributed by atoms with van der Waals surface area (Å²) >= 11 is 0. The summed E-state index contributed by atoms with van der Waals surface area (Å²) in [5.74, 6) is 1.62. The molecule has 0 saturated carbocycles. The van der Waals surface area contributed by atoms with E-state index in [2.05, 4.69) is 64.6 Å². The molecule has 3 heterocycles. The van der Waals surface area contributed by atoms with Crippen molar-refractivity contribution in [3.05, 3.63) is 78.0 Å². The van der Waals surface area contributed by atoms with Gasteiger partial charge in [-0.2, -0.15) is 0 Å². The SMILES string of the molecule is C1=CC2Oc3c(ccc4[nH]c5ccccc5c34)OC2c2c1[nH]c1ccccc21. The number of para-hydroxylation sites is 2. The number of hydrogen-bond acceptors (Lipinski definition) is 2. The van der Waals surface area contributed by atoms with Crippen LogP contribution in [0.25, 0.3) is 38.8 Å². The molecule has 1 aliphatic heterocycles. The largest absolute Gasteiger partial charge is 0.477 e. The van der Waals surface area contributed by atoms with Gasteiger partial charge in [0.2, 0.25) is 0 Å². The van der Waals surface area contributed by atoms with Gasteiger partial charge in [0, 0.05) is 33.1 Å². The predicted octanol–water partition coefficient (Wildman–Crippen LogP) is 5.71. The van der Waals surface area contributed by atoms with E-state index >= 15 is 0 Å². The van der Waals surface area contributed by atoms with Gasteiger partial charge in [0.05, 0.1) is 10.9 Å². The molecule has 4 heteroatoms. The molecule has 5 aromatic rings. The molecule has 2 unspecified atom stereocenters. The standard InChI is InChI=1S/C24H16N2O2/c1-3-7-15-13(5-1)21-17(25-15)9-11-19-23(21)27-20-12-10-18-22(24(20)28-19)14-6-2-4-8-16(14)26-18/h1-12,19,23,25-26H. The van der Waals surface area contributed by atoms with Crippen LogP contribution in [0.1, 0.15) is 17.4 Å². The van der Waals surface area contributed by atoms with Crippen molar-refractivity contribution in [1.82, 2.24) is 9.97 Å². The molecule has 0 bridgehead atoms. The van der Waals surface area contributed by atoms with Gasteiger partial charge in [-0.15, -0.1) is 0 Å². The molecular weight excluding hydrogens is 348 g/mol. The van der Waals surface area contributed by atoms with Gasteiger partial charge < -0.3 is 19.4 Å². The molecule has 3 aromatic carbocycles. The Hall–Kier alpha value is -3.66. The van der Waals surface area contributed by atoms with E-state index < -0.39 is 0 Å². The topological polar surface area (TPSA) is 50.0 Å². The number of rotatable bonds is 0. The summed E-state index contributed by atoms with van der Waals surface area (Å²) in [5.41, 5.74) is 5.57. The lowest BCUT2D eigenvalue weighted by atomic mass is 9.94. The number of H-pyrrole nitrogens is 2. The molecule has 1 aliphatic carbocycles.